The molecule has 2 aliphatic carbocycles. The van der Waals surface area contributed by atoms with Crippen molar-refractivity contribution in [2.45, 2.75) is 103 Å². The molecule has 0 amide bonds. The summed E-state index contributed by atoms with van der Waals surface area (Å²) in [6.07, 6.45) is 3.36. The predicted molar refractivity (Wildman–Crippen MR) is 113 cm³/mol. The van der Waals surface area contributed by atoms with Crippen molar-refractivity contribution in [3.63, 3.8) is 0 Å². The maximum Gasteiger partial charge on any atom is 0.306 e. The molecule has 0 bridgehead atoms. The summed E-state index contributed by atoms with van der Waals surface area (Å²) in [6.45, 7) is 14.8. The lowest BCUT2D eigenvalue weighted by Gasteiger charge is -2.66. The molecule has 1 saturated carbocycles. The van der Waals surface area contributed by atoms with E-state index in [9.17, 15) is 19.8 Å². The van der Waals surface area contributed by atoms with Crippen LogP contribution >= 0.6 is 0 Å². The molecule has 0 aromatic rings. The molecule has 0 radical (unpaired) electrons. The Labute approximate surface area is 179 Å². The number of carbonyl (C=O) groups is 2. The number of ether oxygens (including phenoxy) is 2. The molecule has 168 valence electrons. The van der Waals surface area contributed by atoms with E-state index in [0.29, 0.717) is 19.3 Å². The first-order chi connectivity index (χ1) is 13.7. The fourth-order valence-corrected chi connectivity index (χ4v) is 6.00. The van der Waals surface area contributed by atoms with Crippen LogP contribution in [-0.2, 0) is 19.1 Å². The second kappa shape index (κ2) is 7.01. The lowest BCUT2D eigenvalue weighted by molar-refractivity contribution is -0.305. The van der Waals surface area contributed by atoms with Gasteiger partial charge in [-0.05, 0) is 51.5 Å². The van der Waals surface area contributed by atoms with Crippen molar-refractivity contribution >= 4 is 11.8 Å². The minimum atomic E-state index is -2.07. The van der Waals surface area contributed by atoms with Gasteiger partial charge >= 0.3 is 5.97 Å². The Morgan fingerprint density at radius 3 is 2.53 bits per heavy atom. The molecule has 0 aromatic heterocycles. The third-order valence-corrected chi connectivity index (χ3v) is 7.83. The predicted octanol–water partition coefficient (Wildman–Crippen LogP) is 3.25. The quantitative estimate of drug-likeness (QED) is 0.536. The molecular formula is C24H36O6. The fraction of sp³-hybridized carbons (Fsp3) is 0.750. The fourth-order valence-electron chi connectivity index (χ4n) is 6.00. The summed E-state index contributed by atoms with van der Waals surface area (Å²) in [4.78, 5) is 26.1. The van der Waals surface area contributed by atoms with Crippen molar-refractivity contribution in [3.05, 3.63) is 24.3 Å². The first-order valence-corrected chi connectivity index (χ1v) is 10.9. The molecule has 2 N–H and O–H groups in total. The van der Waals surface area contributed by atoms with E-state index in [1.54, 1.807) is 26.8 Å². The van der Waals surface area contributed by atoms with Gasteiger partial charge in [0.1, 0.15) is 5.60 Å². The normalized spacial score (nSPS) is 45.1. The second-order valence-corrected chi connectivity index (χ2v) is 10.4. The third-order valence-electron chi connectivity index (χ3n) is 7.83. The molecule has 0 unspecified atom stereocenters. The SMILES string of the molecule is C=C[C@@]1(C)CC(=O)[C@@]2(O)[C@](C)(O1)[C@@H](OC(=O)CCC)C=C1C(C)(C)CC[C@H](O)[C@@]12C. The number of aliphatic hydroxyl groups excluding tert-OH is 1. The third kappa shape index (κ3) is 2.87. The number of rotatable bonds is 4. The molecule has 30 heavy (non-hydrogen) atoms. The van der Waals surface area contributed by atoms with Gasteiger partial charge < -0.3 is 19.7 Å². The molecule has 1 aliphatic heterocycles. The topological polar surface area (TPSA) is 93.1 Å². The zero-order valence-corrected chi connectivity index (χ0v) is 19.1. The molecule has 6 atom stereocenters. The zero-order valence-electron chi connectivity index (χ0n) is 19.1. The highest BCUT2D eigenvalue weighted by molar-refractivity contribution is 5.93. The molecular weight excluding hydrogens is 384 g/mol. The molecule has 6 nitrogen and oxygen atoms in total. The van der Waals surface area contributed by atoms with Crippen molar-refractivity contribution in [2.24, 2.45) is 10.8 Å². The summed E-state index contributed by atoms with van der Waals surface area (Å²) < 4.78 is 12.2. The minimum Gasteiger partial charge on any atom is -0.455 e. The molecule has 1 saturated heterocycles. The summed E-state index contributed by atoms with van der Waals surface area (Å²) in [5.41, 5.74) is -5.59. The highest BCUT2D eigenvalue weighted by Gasteiger charge is 2.76. The second-order valence-electron chi connectivity index (χ2n) is 10.4. The molecule has 3 rings (SSSR count). The van der Waals surface area contributed by atoms with E-state index < -0.39 is 46.2 Å². The van der Waals surface area contributed by atoms with E-state index in [2.05, 4.69) is 6.58 Å². The Morgan fingerprint density at radius 1 is 1.33 bits per heavy atom. The van der Waals surface area contributed by atoms with Gasteiger partial charge in [-0.2, -0.15) is 0 Å². The highest BCUT2D eigenvalue weighted by atomic mass is 16.6. The van der Waals surface area contributed by atoms with Gasteiger partial charge in [-0.1, -0.05) is 32.4 Å². The molecule has 0 spiro atoms. The molecule has 3 aliphatic rings. The number of hydrogen-bond acceptors (Lipinski definition) is 6. The Balaban J connectivity index is 2.29. The molecule has 1 heterocycles. The van der Waals surface area contributed by atoms with Crippen molar-refractivity contribution in [2.75, 3.05) is 0 Å². The lowest BCUT2D eigenvalue weighted by Crippen LogP contribution is -2.81. The van der Waals surface area contributed by atoms with Crippen molar-refractivity contribution in [3.8, 4) is 0 Å². The van der Waals surface area contributed by atoms with Crippen LogP contribution in [0.2, 0.25) is 0 Å². The smallest absolute Gasteiger partial charge is 0.306 e. The summed E-state index contributed by atoms with van der Waals surface area (Å²) in [5.74, 6) is -0.845. The zero-order chi connectivity index (χ0) is 22.8. The summed E-state index contributed by atoms with van der Waals surface area (Å²) >= 11 is 0. The van der Waals surface area contributed by atoms with Crippen LogP contribution in [-0.4, -0.2) is 51.0 Å². The Bertz CT molecular complexity index is 800. The van der Waals surface area contributed by atoms with Crippen LogP contribution < -0.4 is 0 Å². The maximum absolute atomic E-state index is 13.6. The Hall–Kier alpha value is -1.50. The summed E-state index contributed by atoms with van der Waals surface area (Å²) in [5, 5.41) is 23.4. The van der Waals surface area contributed by atoms with Crippen molar-refractivity contribution < 1.29 is 29.3 Å². The monoisotopic (exact) mass is 420 g/mol. The van der Waals surface area contributed by atoms with Gasteiger partial charge in [0.15, 0.2) is 17.5 Å². The van der Waals surface area contributed by atoms with Crippen LogP contribution in [0.25, 0.3) is 0 Å². The highest BCUT2D eigenvalue weighted by Crippen LogP contribution is 2.64. The number of carbonyl (C=O) groups excluding carboxylic acids is 2. The number of fused-ring (bicyclic) bond motifs is 3. The number of aliphatic hydroxyl groups is 2. The van der Waals surface area contributed by atoms with Crippen LogP contribution in [0.4, 0.5) is 0 Å². The first-order valence-electron chi connectivity index (χ1n) is 10.9. The van der Waals surface area contributed by atoms with E-state index in [1.165, 1.54) is 0 Å². The number of hydrogen-bond donors (Lipinski definition) is 2. The number of Topliss-reactive ketones (excluding diaryl/α,β-unsaturated/α-hetero) is 1. The molecule has 6 heteroatoms. The van der Waals surface area contributed by atoms with E-state index in [1.807, 2.05) is 26.8 Å². The van der Waals surface area contributed by atoms with Crippen LogP contribution in [0.5, 0.6) is 0 Å². The van der Waals surface area contributed by atoms with Gasteiger partial charge in [-0.15, -0.1) is 6.58 Å². The van der Waals surface area contributed by atoms with Gasteiger partial charge in [0.05, 0.1) is 17.1 Å². The minimum absolute atomic E-state index is 0.0752. The van der Waals surface area contributed by atoms with Crippen LogP contribution in [0.3, 0.4) is 0 Å². The van der Waals surface area contributed by atoms with Crippen molar-refractivity contribution in [1.82, 2.24) is 0 Å². The number of ketones is 1. The molecule has 0 aromatic carbocycles. The summed E-state index contributed by atoms with van der Waals surface area (Å²) in [7, 11) is 0. The molecule has 2 fully saturated rings. The van der Waals surface area contributed by atoms with E-state index in [-0.39, 0.29) is 18.3 Å². The largest absolute Gasteiger partial charge is 0.455 e. The van der Waals surface area contributed by atoms with Gasteiger partial charge in [0.25, 0.3) is 0 Å². The Morgan fingerprint density at radius 2 is 1.97 bits per heavy atom. The summed E-state index contributed by atoms with van der Waals surface area (Å²) in [6, 6.07) is 0. The maximum atomic E-state index is 13.6. The van der Waals surface area contributed by atoms with Crippen molar-refractivity contribution in [1.29, 1.82) is 0 Å². The van der Waals surface area contributed by atoms with Gasteiger partial charge in [-0.3, -0.25) is 9.59 Å². The first kappa shape index (κ1) is 23.2. The van der Waals surface area contributed by atoms with Crippen LogP contribution in [0.15, 0.2) is 24.3 Å². The van der Waals surface area contributed by atoms with Gasteiger partial charge in [-0.25, -0.2) is 0 Å². The van der Waals surface area contributed by atoms with Gasteiger partial charge in [0.2, 0.25) is 0 Å². The van der Waals surface area contributed by atoms with E-state index in [4.69, 9.17) is 9.47 Å². The van der Waals surface area contributed by atoms with Gasteiger partial charge in [0, 0.05) is 12.8 Å². The number of esters is 1. The van der Waals surface area contributed by atoms with E-state index in [0.717, 1.165) is 5.57 Å². The average molecular weight is 421 g/mol. The lowest BCUT2D eigenvalue weighted by atomic mass is 9.44. The van der Waals surface area contributed by atoms with Crippen LogP contribution in [0.1, 0.15) is 73.6 Å². The standard InChI is InChI=1S/C24H36O6/c1-8-10-19(27)29-18-13-15-20(3,4)12-11-16(25)22(15,6)24(28)17(26)14-21(5,9-2)30-23(18,24)7/h9,13,16,18,25,28H,2,8,10-12,14H2,1,3-7H3/t16-,18-,21-,22+,23+,24-/m0/s1. The van der Waals surface area contributed by atoms with Crippen LogP contribution in [0, 0.1) is 10.8 Å². The average Bonchev–Trinajstić information content (AvgIpc) is 2.64. The van der Waals surface area contributed by atoms with E-state index >= 15 is 0 Å². The Kier molecular flexibility index (Phi) is 5.41.